The Labute approximate surface area is 165 Å². The smallest absolute Gasteiger partial charge is 0.319 e. The van der Waals surface area contributed by atoms with Crippen LogP contribution in [0.5, 0.6) is 0 Å². The van der Waals surface area contributed by atoms with E-state index < -0.39 is 11.6 Å². The number of imide groups is 1. The fraction of sp³-hybridized carbons (Fsp3) is 0.200. The molecule has 0 bridgehead atoms. The van der Waals surface area contributed by atoms with Gasteiger partial charge in [-0.1, -0.05) is 35.9 Å². The van der Waals surface area contributed by atoms with Gasteiger partial charge in [0.2, 0.25) is 0 Å². The van der Waals surface area contributed by atoms with Crippen LogP contribution in [-0.4, -0.2) is 31.6 Å². The molecule has 140 valence electrons. The van der Waals surface area contributed by atoms with Crippen molar-refractivity contribution < 1.29 is 9.59 Å². The number of halogens is 1. The molecular weight excluding hydrogens is 378 g/mol. The van der Waals surface area contributed by atoms with Gasteiger partial charge in [0.15, 0.2) is 5.82 Å². The fourth-order valence-corrected chi connectivity index (χ4v) is 4.27. The van der Waals surface area contributed by atoms with Crippen LogP contribution < -0.4 is 5.32 Å². The monoisotopic (exact) mass is 393 g/mol. The second-order valence-electron chi connectivity index (χ2n) is 6.98. The van der Waals surface area contributed by atoms with Gasteiger partial charge in [-0.15, -0.1) is 10.2 Å². The standard InChI is InChI=1S/C20H16ClN5O2/c21-14-6-7-16-13(10-14)8-9-20(16)18(27)25(19(28)23-20)11-17-24-22-12-26(17)15-4-2-1-3-5-15/h1-7,10,12H,8-9,11H2,(H,23,28). The molecule has 1 spiro atoms. The van der Waals surface area contributed by atoms with Crippen molar-refractivity contribution in [2.24, 2.45) is 0 Å². The topological polar surface area (TPSA) is 80.1 Å². The molecule has 3 amide bonds. The van der Waals surface area contributed by atoms with E-state index in [-0.39, 0.29) is 12.5 Å². The van der Waals surface area contributed by atoms with Gasteiger partial charge in [0.25, 0.3) is 5.91 Å². The first-order valence-corrected chi connectivity index (χ1v) is 9.34. The number of urea groups is 1. The molecule has 1 unspecified atom stereocenters. The zero-order valence-electron chi connectivity index (χ0n) is 14.8. The SMILES string of the molecule is O=C1NC2(CCc3cc(Cl)ccc32)C(=O)N1Cc1nncn1-c1ccccc1. The lowest BCUT2D eigenvalue weighted by molar-refractivity contribution is -0.132. The minimum absolute atomic E-state index is 0.0459. The van der Waals surface area contributed by atoms with Crippen LogP contribution in [-0.2, 0) is 23.3 Å². The predicted octanol–water partition coefficient (Wildman–Crippen LogP) is 2.81. The molecule has 1 atom stereocenters. The average Bonchev–Trinajstić information content (AvgIpc) is 3.37. The van der Waals surface area contributed by atoms with E-state index in [0.29, 0.717) is 23.7 Å². The third-order valence-corrected chi connectivity index (χ3v) is 5.66. The minimum atomic E-state index is -1.02. The summed E-state index contributed by atoms with van der Waals surface area (Å²) >= 11 is 6.08. The van der Waals surface area contributed by atoms with Crippen LogP contribution >= 0.6 is 11.6 Å². The summed E-state index contributed by atoms with van der Waals surface area (Å²) in [7, 11) is 0. The minimum Gasteiger partial charge on any atom is -0.319 e. The largest absolute Gasteiger partial charge is 0.325 e. The van der Waals surface area contributed by atoms with Gasteiger partial charge in [-0.25, -0.2) is 4.79 Å². The molecule has 1 aliphatic heterocycles. The first kappa shape index (κ1) is 16.9. The summed E-state index contributed by atoms with van der Waals surface area (Å²) in [5.74, 6) is 0.252. The summed E-state index contributed by atoms with van der Waals surface area (Å²) in [5, 5.41) is 11.6. The second kappa shape index (κ2) is 6.17. The van der Waals surface area contributed by atoms with Crippen LogP contribution in [0.1, 0.15) is 23.4 Å². The first-order valence-electron chi connectivity index (χ1n) is 8.96. The molecule has 7 nitrogen and oxygen atoms in total. The highest BCUT2D eigenvalue weighted by molar-refractivity contribution is 6.30. The van der Waals surface area contributed by atoms with Crippen molar-refractivity contribution >= 4 is 23.5 Å². The number of aromatic nitrogens is 3. The highest BCUT2D eigenvalue weighted by Gasteiger charge is 2.55. The maximum absolute atomic E-state index is 13.3. The van der Waals surface area contributed by atoms with Crippen LogP contribution in [0.2, 0.25) is 5.02 Å². The highest BCUT2D eigenvalue weighted by Crippen LogP contribution is 2.42. The summed E-state index contributed by atoms with van der Waals surface area (Å²) in [4.78, 5) is 27.2. The molecule has 3 aromatic rings. The Morgan fingerprint density at radius 1 is 1.14 bits per heavy atom. The molecular formula is C20H16ClN5O2. The Bertz CT molecular complexity index is 1100. The Kier molecular flexibility index (Phi) is 3.73. The van der Waals surface area contributed by atoms with Crippen molar-refractivity contribution in [3.63, 3.8) is 0 Å². The van der Waals surface area contributed by atoms with E-state index in [9.17, 15) is 9.59 Å². The number of nitrogens with zero attached hydrogens (tertiary/aromatic N) is 4. The maximum atomic E-state index is 13.3. The quantitative estimate of drug-likeness (QED) is 0.694. The number of carbonyl (C=O) groups excluding carboxylic acids is 2. The highest BCUT2D eigenvalue weighted by atomic mass is 35.5. The van der Waals surface area contributed by atoms with Crippen LogP contribution in [0.25, 0.3) is 5.69 Å². The first-order chi connectivity index (χ1) is 13.6. The number of fused-ring (bicyclic) bond motifs is 2. The van der Waals surface area contributed by atoms with Gasteiger partial charge in [0.05, 0.1) is 6.54 Å². The van der Waals surface area contributed by atoms with E-state index in [1.54, 1.807) is 17.0 Å². The molecule has 1 N–H and O–H groups in total. The molecule has 1 aromatic heterocycles. The van der Waals surface area contributed by atoms with E-state index in [0.717, 1.165) is 16.8 Å². The zero-order valence-corrected chi connectivity index (χ0v) is 15.6. The molecule has 0 saturated carbocycles. The van der Waals surface area contributed by atoms with Crippen LogP contribution in [0, 0.1) is 0 Å². The van der Waals surface area contributed by atoms with Crippen LogP contribution in [0.4, 0.5) is 4.79 Å². The van der Waals surface area contributed by atoms with E-state index in [1.165, 1.54) is 4.90 Å². The molecule has 2 aromatic carbocycles. The van der Waals surface area contributed by atoms with Crippen molar-refractivity contribution in [1.82, 2.24) is 25.0 Å². The molecule has 2 aliphatic rings. The molecule has 1 aliphatic carbocycles. The summed E-state index contributed by atoms with van der Waals surface area (Å²) in [6.07, 6.45) is 2.79. The number of amides is 3. The van der Waals surface area contributed by atoms with Gasteiger partial charge in [-0.05, 0) is 48.2 Å². The van der Waals surface area contributed by atoms with E-state index in [4.69, 9.17) is 11.6 Å². The van der Waals surface area contributed by atoms with Gasteiger partial charge < -0.3 is 5.32 Å². The van der Waals surface area contributed by atoms with Crippen molar-refractivity contribution in [3.8, 4) is 5.69 Å². The second-order valence-corrected chi connectivity index (χ2v) is 7.42. The fourth-order valence-electron chi connectivity index (χ4n) is 4.08. The Morgan fingerprint density at radius 2 is 1.96 bits per heavy atom. The van der Waals surface area contributed by atoms with Gasteiger partial charge in [-0.3, -0.25) is 14.3 Å². The lowest BCUT2D eigenvalue weighted by atomic mass is 9.92. The number of aryl methyl sites for hydroxylation is 1. The Hall–Kier alpha value is -3.19. The molecule has 1 saturated heterocycles. The zero-order chi connectivity index (χ0) is 19.3. The van der Waals surface area contributed by atoms with Crippen molar-refractivity contribution in [2.45, 2.75) is 24.9 Å². The summed E-state index contributed by atoms with van der Waals surface area (Å²) in [6, 6.07) is 14.6. The van der Waals surface area contributed by atoms with Gasteiger partial charge in [-0.2, -0.15) is 0 Å². The Morgan fingerprint density at radius 3 is 2.79 bits per heavy atom. The summed E-state index contributed by atoms with van der Waals surface area (Å²) < 4.78 is 1.77. The van der Waals surface area contributed by atoms with E-state index in [1.807, 2.05) is 42.5 Å². The van der Waals surface area contributed by atoms with Crippen molar-refractivity contribution in [3.05, 3.63) is 76.8 Å². The number of nitrogens with one attached hydrogen (secondary N) is 1. The summed E-state index contributed by atoms with van der Waals surface area (Å²) in [5.41, 5.74) is 1.66. The van der Waals surface area contributed by atoms with Gasteiger partial charge in [0.1, 0.15) is 11.9 Å². The third-order valence-electron chi connectivity index (χ3n) is 5.42. The Balaban J connectivity index is 1.48. The normalized spacial score (nSPS) is 20.7. The number of para-hydroxylation sites is 1. The molecule has 5 rings (SSSR count). The van der Waals surface area contributed by atoms with Crippen LogP contribution in [0.3, 0.4) is 0 Å². The predicted molar refractivity (Wildman–Crippen MR) is 102 cm³/mol. The number of hydrogen-bond acceptors (Lipinski definition) is 4. The number of benzene rings is 2. The maximum Gasteiger partial charge on any atom is 0.325 e. The van der Waals surface area contributed by atoms with Crippen molar-refractivity contribution in [2.75, 3.05) is 0 Å². The van der Waals surface area contributed by atoms with Crippen LogP contribution in [0.15, 0.2) is 54.9 Å². The molecule has 0 radical (unpaired) electrons. The molecule has 28 heavy (non-hydrogen) atoms. The molecule has 2 heterocycles. The van der Waals surface area contributed by atoms with Crippen molar-refractivity contribution in [1.29, 1.82) is 0 Å². The number of carbonyl (C=O) groups is 2. The lowest BCUT2D eigenvalue weighted by Gasteiger charge is -2.22. The number of hydrogen-bond donors (Lipinski definition) is 1. The van der Waals surface area contributed by atoms with Gasteiger partial charge in [0, 0.05) is 10.7 Å². The summed E-state index contributed by atoms with van der Waals surface area (Å²) in [6.45, 7) is 0.0459. The lowest BCUT2D eigenvalue weighted by Crippen LogP contribution is -2.41. The molecule has 1 fully saturated rings. The molecule has 8 heteroatoms. The average molecular weight is 394 g/mol. The van der Waals surface area contributed by atoms with Gasteiger partial charge >= 0.3 is 6.03 Å². The number of rotatable bonds is 3. The third kappa shape index (κ3) is 2.43. The van der Waals surface area contributed by atoms with E-state index >= 15 is 0 Å². The van der Waals surface area contributed by atoms with E-state index in [2.05, 4.69) is 15.5 Å².